The number of carbonyl (C=O) groups is 1. The molecule has 0 saturated heterocycles. The van der Waals surface area contributed by atoms with E-state index in [4.69, 9.17) is 0 Å². The number of non-ortho nitro benzene ring substituents is 1. The lowest BCUT2D eigenvalue weighted by atomic mass is 10.2. The maximum absolute atomic E-state index is 11.8. The summed E-state index contributed by atoms with van der Waals surface area (Å²) in [5, 5.41) is 10.6. The Bertz CT molecular complexity index is 616. The fraction of sp³-hybridized carbons (Fsp3) is 0.364. The van der Waals surface area contributed by atoms with Crippen LogP contribution < -0.4 is 4.72 Å². The third-order valence-electron chi connectivity index (χ3n) is 2.35. The minimum atomic E-state index is -3.85. The Morgan fingerprint density at radius 2 is 1.89 bits per heavy atom. The van der Waals surface area contributed by atoms with Crippen LogP contribution in [0, 0.1) is 10.1 Å². The number of nitrogens with one attached hydrogen (secondary N) is 1. The van der Waals surface area contributed by atoms with Crippen molar-refractivity contribution in [1.29, 1.82) is 0 Å². The molecule has 1 aromatic carbocycles. The number of nitro benzene ring substituents is 1. The van der Waals surface area contributed by atoms with Crippen LogP contribution in [0.1, 0.15) is 31.1 Å². The molecule has 1 amide bonds. The highest BCUT2D eigenvalue weighted by Gasteiger charge is 2.31. The summed E-state index contributed by atoms with van der Waals surface area (Å²) in [5.41, 5.74) is -0.358. The van der Waals surface area contributed by atoms with E-state index in [0.29, 0.717) is 0 Å². The molecule has 104 valence electrons. The van der Waals surface area contributed by atoms with Gasteiger partial charge in [-0.05, 0) is 26.8 Å². The number of amides is 1. The van der Waals surface area contributed by atoms with Gasteiger partial charge in [0.15, 0.2) is 0 Å². The second-order valence-electron chi connectivity index (χ2n) is 4.85. The van der Waals surface area contributed by atoms with Crippen LogP contribution in [0.25, 0.3) is 0 Å². The van der Waals surface area contributed by atoms with E-state index >= 15 is 0 Å². The average molecular weight is 286 g/mol. The SMILES string of the molecule is CC(C)(C)S(=O)(=O)NC(=O)c1cccc([N+](=O)[O-])c1. The lowest BCUT2D eigenvalue weighted by Crippen LogP contribution is -2.42. The fourth-order valence-electron chi connectivity index (χ4n) is 1.09. The number of hydrogen-bond acceptors (Lipinski definition) is 5. The Morgan fingerprint density at radius 1 is 1.32 bits per heavy atom. The molecule has 0 aliphatic rings. The summed E-state index contributed by atoms with van der Waals surface area (Å²) >= 11 is 0. The number of hydrogen-bond donors (Lipinski definition) is 1. The maximum atomic E-state index is 11.8. The molecule has 0 fully saturated rings. The first-order chi connectivity index (χ1) is 8.54. The summed E-state index contributed by atoms with van der Waals surface area (Å²) in [6, 6.07) is 4.86. The Morgan fingerprint density at radius 3 is 2.37 bits per heavy atom. The van der Waals surface area contributed by atoms with Crippen LogP contribution >= 0.6 is 0 Å². The highest BCUT2D eigenvalue weighted by atomic mass is 32.2. The van der Waals surface area contributed by atoms with E-state index in [9.17, 15) is 23.3 Å². The minimum Gasteiger partial charge on any atom is -0.268 e. The monoisotopic (exact) mass is 286 g/mol. The van der Waals surface area contributed by atoms with Gasteiger partial charge in [0, 0.05) is 17.7 Å². The Labute approximate surface area is 110 Å². The van der Waals surface area contributed by atoms with E-state index in [2.05, 4.69) is 0 Å². The highest BCUT2D eigenvalue weighted by molar-refractivity contribution is 7.91. The van der Waals surface area contributed by atoms with Gasteiger partial charge in [0.2, 0.25) is 10.0 Å². The van der Waals surface area contributed by atoms with Crippen molar-refractivity contribution in [1.82, 2.24) is 4.72 Å². The zero-order valence-electron chi connectivity index (χ0n) is 10.7. The molecule has 8 heteroatoms. The minimum absolute atomic E-state index is 0.0815. The molecule has 19 heavy (non-hydrogen) atoms. The molecule has 0 bridgehead atoms. The first-order valence-corrected chi connectivity index (χ1v) is 6.84. The van der Waals surface area contributed by atoms with Gasteiger partial charge in [-0.3, -0.25) is 14.9 Å². The summed E-state index contributed by atoms with van der Waals surface area (Å²) in [6.45, 7) is 4.32. The lowest BCUT2D eigenvalue weighted by Gasteiger charge is -2.19. The van der Waals surface area contributed by atoms with Crippen LogP contribution in [-0.2, 0) is 10.0 Å². The molecule has 0 saturated carbocycles. The van der Waals surface area contributed by atoms with Crippen molar-refractivity contribution in [3.8, 4) is 0 Å². The van der Waals surface area contributed by atoms with Crippen molar-refractivity contribution in [3.63, 3.8) is 0 Å². The van der Waals surface area contributed by atoms with Gasteiger partial charge in [-0.15, -0.1) is 0 Å². The number of sulfonamides is 1. The predicted molar refractivity (Wildman–Crippen MR) is 69.2 cm³/mol. The lowest BCUT2D eigenvalue weighted by molar-refractivity contribution is -0.384. The molecule has 7 nitrogen and oxygen atoms in total. The van der Waals surface area contributed by atoms with E-state index < -0.39 is 25.6 Å². The largest absolute Gasteiger partial charge is 0.270 e. The molecule has 0 aromatic heterocycles. The van der Waals surface area contributed by atoms with Gasteiger partial charge in [0.1, 0.15) is 0 Å². The Kier molecular flexibility index (Phi) is 3.94. The zero-order valence-corrected chi connectivity index (χ0v) is 11.5. The van der Waals surface area contributed by atoms with E-state index in [1.54, 1.807) is 0 Å². The topological polar surface area (TPSA) is 106 Å². The second kappa shape index (κ2) is 4.96. The molecular formula is C11H14N2O5S. The van der Waals surface area contributed by atoms with E-state index in [1.807, 2.05) is 4.72 Å². The van der Waals surface area contributed by atoms with Gasteiger partial charge in [0.05, 0.1) is 9.67 Å². The quantitative estimate of drug-likeness (QED) is 0.668. The van der Waals surface area contributed by atoms with Crippen molar-refractivity contribution in [2.75, 3.05) is 0 Å². The Hall–Kier alpha value is -1.96. The summed E-state index contributed by atoms with van der Waals surface area (Å²) < 4.78 is 24.3. The van der Waals surface area contributed by atoms with Crippen LogP contribution in [0.15, 0.2) is 24.3 Å². The van der Waals surface area contributed by atoms with Gasteiger partial charge >= 0.3 is 0 Å². The van der Waals surface area contributed by atoms with Gasteiger partial charge in [-0.25, -0.2) is 13.1 Å². The van der Waals surface area contributed by atoms with Crippen molar-refractivity contribution >= 4 is 21.6 Å². The summed E-state index contributed by atoms with van der Waals surface area (Å²) in [4.78, 5) is 21.7. The number of carbonyl (C=O) groups excluding carboxylic acids is 1. The van der Waals surface area contributed by atoms with Crippen molar-refractivity contribution in [3.05, 3.63) is 39.9 Å². The van der Waals surface area contributed by atoms with Crippen LogP contribution in [0.3, 0.4) is 0 Å². The first-order valence-electron chi connectivity index (χ1n) is 5.36. The molecule has 0 aliphatic carbocycles. The van der Waals surface area contributed by atoms with Crippen LogP contribution in [0.5, 0.6) is 0 Å². The second-order valence-corrected chi connectivity index (χ2v) is 7.29. The molecule has 1 N–H and O–H groups in total. The van der Waals surface area contributed by atoms with Gasteiger partial charge in [0.25, 0.3) is 11.6 Å². The summed E-state index contributed by atoms with van der Waals surface area (Å²) in [6.07, 6.45) is 0. The van der Waals surface area contributed by atoms with Crippen molar-refractivity contribution in [2.45, 2.75) is 25.5 Å². The molecule has 0 heterocycles. The molecule has 0 aliphatic heterocycles. The van der Waals surface area contributed by atoms with Gasteiger partial charge in [-0.1, -0.05) is 6.07 Å². The van der Waals surface area contributed by atoms with Crippen LogP contribution in [0.2, 0.25) is 0 Å². The Balaban J connectivity index is 3.03. The van der Waals surface area contributed by atoms with E-state index in [-0.39, 0.29) is 11.3 Å². The molecule has 0 unspecified atom stereocenters. The van der Waals surface area contributed by atoms with E-state index in [0.717, 1.165) is 6.07 Å². The predicted octanol–water partition coefficient (Wildman–Crippen LogP) is 1.45. The number of benzene rings is 1. The average Bonchev–Trinajstić information content (AvgIpc) is 2.27. The van der Waals surface area contributed by atoms with Crippen LogP contribution in [0.4, 0.5) is 5.69 Å². The molecule has 0 spiro atoms. The maximum Gasteiger partial charge on any atom is 0.270 e. The molecule has 0 atom stereocenters. The normalized spacial score (nSPS) is 11.9. The fourth-order valence-corrected chi connectivity index (χ4v) is 1.76. The molecular weight excluding hydrogens is 272 g/mol. The molecule has 1 rings (SSSR count). The summed E-state index contributed by atoms with van der Waals surface area (Å²) in [5.74, 6) is -0.890. The van der Waals surface area contributed by atoms with Crippen molar-refractivity contribution in [2.24, 2.45) is 0 Å². The third-order valence-corrected chi connectivity index (χ3v) is 4.42. The molecule has 1 aromatic rings. The highest BCUT2D eigenvalue weighted by Crippen LogP contribution is 2.16. The van der Waals surface area contributed by atoms with Crippen molar-refractivity contribution < 1.29 is 18.1 Å². The number of nitro groups is 1. The van der Waals surface area contributed by atoms with Gasteiger partial charge in [-0.2, -0.15) is 0 Å². The molecule has 0 radical (unpaired) electrons. The number of nitrogens with zero attached hydrogens (tertiary/aromatic N) is 1. The zero-order chi connectivity index (χ0) is 14.8. The van der Waals surface area contributed by atoms with Crippen LogP contribution in [-0.4, -0.2) is 24.0 Å². The summed E-state index contributed by atoms with van der Waals surface area (Å²) in [7, 11) is -3.85. The smallest absolute Gasteiger partial charge is 0.268 e. The van der Waals surface area contributed by atoms with E-state index in [1.165, 1.54) is 39.0 Å². The third kappa shape index (κ3) is 3.50. The van der Waals surface area contributed by atoms with Gasteiger partial charge < -0.3 is 0 Å². The first kappa shape index (κ1) is 15.1. The standard InChI is InChI=1S/C11H14N2O5S/c1-11(2,3)19(17,18)12-10(14)8-5-4-6-9(7-8)13(15)16/h4-7H,1-3H3,(H,12,14). The number of rotatable bonds is 3.